The first-order valence-electron chi connectivity index (χ1n) is 6.36. The van der Waals surface area contributed by atoms with Gasteiger partial charge in [0.25, 0.3) is 5.91 Å². The van der Waals surface area contributed by atoms with Crippen molar-refractivity contribution < 1.29 is 29.1 Å². The maximum atomic E-state index is 11.6. The molecule has 22 heavy (non-hydrogen) atoms. The third-order valence-electron chi connectivity index (χ3n) is 2.76. The van der Waals surface area contributed by atoms with Gasteiger partial charge < -0.3 is 19.9 Å². The number of carboxylic acid groups (broad SMARTS) is 1. The van der Waals surface area contributed by atoms with Crippen LogP contribution in [-0.2, 0) is 9.59 Å². The van der Waals surface area contributed by atoms with Crippen molar-refractivity contribution in [3.05, 3.63) is 28.3 Å². The Labute approximate surface area is 126 Å². The fourth-order valence-electron chi connectivity index (χ4n) is 1.62. The molecule has 1 aromatic carbocycles. The number of nitro groups is 1. The summed E-state index contributed by atoms with van der Waals surface area (Å²) in [5.41, 5.74) is -0.226. The van der Waals surface area contributed by atoms with Gasteiger partial charge in [-0.2, -0.15) is 0 Å². The fraction of sp³-hybridized carbons (Fsp3) is 0.385. The van der Waals surface area contributed by atoms with Crippen molar-refractivity contribution in [1.82, 2.24) is 5.32 Å². The molecular formula is C13H16N2O7. The third-order valence-corrected chi connectivity index (χ3v) is 2.76. The molecule has 0 saturated carbocycles. The zero-order valence-electron chi connectivity index (χ0n) is 12.1. The van der Waals surface area contributed by atoms with Crippen molar-refractivity contribution in [3.8, 4) is 11.5 Å². The van der Waals surface area contributed by atoms with Gasteiger partial charge in [0.1, 0.15) is 11.8 Å². The second-order valence-electron chi connectivity index (χ2n) is 4.25. The Balaban J connectivity index is 2.66. The van der Waals surface area contributed by atoms with Gasteiger partial charge in [0.15, 0.2) is 6.61 Å². The molecule has 1 rings (SSSR count). The molecule has 0 fully saturated rings. The van der Waals surface area contributed by atoms with Crippen molar-refractivity contribution in [3.63, 3.8) is 0 Å². The third kappa shape index (κ3) is 4.62. The summed E-state index contributed by atoms with van der Waals surface area (Å²) in [4.78, 5) is 32.5. The highest BCUT2D eigenvalue weighted by Crippen LogP contribution is 2.30. The summed E-state index contributed by atoms with van der Waals surface area (Å²) in [7, 11) is 1.28. The van der Waals surface area contributed by atoms with Crippen molar-refractivity contribution in [2.45, 2.75) is 19.4 Å². The molecule has 0 heterocycles. The smallest absolute Gasteiger partial charge is 0.326 e. The summed E-state index contributed by atoms with van der Waals surface area (Å²) in [6.07, 6.45) is 0.242. The van der Waals surface area contributed by atoms with Crippen LogP contribution in [0, 0.1) is 10.1 Å². The molecule has 0 spiro atoms. The second kappa shape index (κ2) is 7.81. The zero-order chi connectivity index (χ0) is 16.7. The highest BCUT2D eigenvalue weighted by Gasteiger charge is 2.19. The molecule has 9 heteroatoms. The summed E-state index contributed by atoms with van der Waals surface area (Å²) in [5.74, 6) is -1.54. The fourth-order valence-corrected chi connectivity index (χ4v) is 1.62. The Bertz CT molecular complexity index is 574. The second-order valence-corrected chi connectivity index (χ2v) is 4.25. The van der Waals surface area contributed by atoms with Crippen LogP contribution in [0.3, 0.4) is 0 Å². The Hall–Kier alpha value is -2.84. The first-order valence-corrected chi connectivity index (χ1v) is 6.36. The molecule has 1 atom stereocenters. The number of nitrogens with zero attached hydrogens (tertiary/aromatic N) is 1. The van der Waals surface area contributed by atoms with Crippen molar-refractivity contribution in [2.75, 3.05) is 13.7 Å². The minimum absolute atomic E-state index is 0.000112. The quantitative estimate of drug-likeness (QED) is 0.540. The summed E-state index contributed by atoms with van der Waals surface area (Å²) >= 11 is 0. The highest BCUT2D eigenvalue weighted by molar-refractivity contribution is 5.84. The molecule has 9 nitrogen and oxygen atoms in total. The number of carboxylic acids is 1. The lowest BCUT2D eigenvalue weighted by atomic mass is 10.2. The van der Waals surface area contributed by atoms with Gasteiger partial charge in [-0.1, -0.05) is 6.92 Å². The number of hydrogen-bond donors (Lipinski definition) is 2. The van der Waals surface area contributed by atoms with Crippen LogP contribution in [-0.4, -0.2) is 41.7 Å². The monoisotopic (exact) mass is 312 g/mol. The lowest BCUT2D eigenvalue weighted by Gasteiger charge is -2.13. The highest BCUT2D eigenvalue weighted by atomic mass is 16.6. The Morgan fingerprint density at radius 3 is 2.64 bits per heavy atom. The number of nitrogens with one attached hydrogen (secondary N) is 1. The van der Waals surface area contributed by atoms with E-state index in [1.807, 2.05) is 0 Å². The van der Waals surface area contributed by atoms with E-state index in [0.29, 0.717) is 0 Å². The number of rotatable bonds is 8. The lowest BCUT2D eigenvalue weighted by molar-refractivity contribution is -0.385. The molecule has 0 aliphatic heterocycles. The van der Waals surface area contributed by atoms with Crippen molar-refractivity contribution in [2.24, 2.45) is 0 Å². The van der Waals surface area contributed by atoms with E-state index in [2.05, 4.69) is 5.32 Å². The minimum atomic E-state index is -1.13. The number of methoxy groups -OCH3 is 1. The van der Waals surface area contributed by atoms with Crippen LogP contribution in [0.1, 0.15) is 13.3 Å². The molecule has 0 bridgehead atoms. The molecule has 0 aromatic heterocycles. The van der Waals surface area contributed by atoms with E-state index in [0.717, 1.165) is 0 Å². The number of amides is 1. The van der Waals surface area contributed by atoms with Crippen LogP contribution in [0.25, 0.3) is 0 Å². The molecular weight excluding hydrogens is 296 g/mol. The molecule has 0 aliphatic rings. The standard InChI is InChI=1S/C13H16N2O7/c1-3-9(13(17)18)14-12(16)7-22-8-4-5-10(15(19)20)11(6-8)21-2/h4-6,9H,3,7H2,1-2H3,(H,14,16)(H,17,18). The van der Waals surface area contributed by atoms with E-state index in [9.17, 15) is 19.7 Å². The van der Waals surface area contributed by atoms with Gasteiger partial charge in [0.05, 0.1) is 12.0 Å². The lowest BCUT2D eigenvalue weighted by Crippen LogP contribution is -2.42. The molecule has 0 saturated heterocycles. The molecule has 1 amide bonds. The normalized spacial score (nSPS) is 11.4. The number of benzene rings is 1. The first kappa shape index (κ1) is 17.2. The number of nitro benzene ring substituents is 1. The largest absolute Gasteiger partial charge is 0.490 e. The van der Waals surface area contributed by atoms with Crippen LogP contribution >= 0.6 is 0 Å². The number of carbonyl (C=O) groups excluding carboxylic acids is 1. The van der Waals surface area contributed by atoms with E-state index in [4.69, 9.17) is 14.6 Å². The number of carbonyl (C=O) groups is 2. The van der Waals surface area contributed by atoms with Gasteiger partial charge in [0, 0.05) is 12.1 Å². The van der Waals surface area contributed by atoms with Crippen molar-refractivity contribution in [1.29, 1.82) is 0 Å². The van der Waals surface area contributed by atoms with Crippen molar-refractivity contribution >= 4 is 17.6 Å². The summed E-state index contributed by atoms with van der Waals surface area (Å²) in [5, 5.41) is 21.9. The average molecular weight is 312 g/mol. The van der Waals surface area contributed by atoms with E-state index < -0.39 is 29.4 Å². The topological polar surface area (TPSA) is 128 Å². The van der Waals surface area contributed by atoms with E-state index in [1.54, 1.807) is 6.92 Å². The van der Waals surface area contributed by atoms with E-state index >= 15 is 0 Å². The summed E-state index contributed by atoms with van der Waals surface area (Å²) < 4.78 is 10.0. The van der Waals surface area contributed by atoms with Gasteiger partial charge in [-0.3, -0.25) is 14.9 Å². The number of ether oxygens (including phenoxy) is 2. The number of aliphatic carboxylic acids is 1. The van der Waals surface area contributed by atoms with Crippen LogP contribution in [0.5, 0.6) is 11.5 Å². The van der Waals surface area contributed by atoms with Gasteiger partial charge in [-0.15, -0.1) is 0 Å². The number of hydrogen-bond acceptors (Lipinski definition) is 6. The van der Waals surface area contributed by atoms with Gasteiger partial charge >= 0.3 is 11.7 Å². The predicted molar refractivity (Wildman–Crippen MR) is 75.0 cm³/mol. The average Bonchev–Trinajstić information content (AvgIpc) is 2.49. The summed E-state index contributed by atoms with van der Waals surface area (Å²) in [6.45, 7) is 1.21. The maximum Gasteiger partial charge on any atom is 0.326 e. The van der Waals surface area contributed by atoms with Crippen LogP contribution in [0.4, 0.5) is 5.69 Å². The Morgan fingerprint density at radius 2 is 2.14 bits per heavy atom. The molecule has 0 aliphatic carbocycles. The maximum absolute atomic E-state index is 11.6. The Morgan fingerprint density at radius 1 is 1.45 bits per heavy atom. The van der Waals surface area contributed by atoms with Gasteiger partial charge in [-0.05, 0) is 12.5 Å². The van der Waals surface area contributed by atoms with Crippen LogP contribution in [0.15, 0.2) is 18.2 Å². The van der Waals surface area contributed by atoms with Crippen LogP contribution < -0.4 is 14.8 Å². The molecule has 0 radical (unpaired) electrons. The molecule has 2 N–H and O–H groups in total. The predicted octanol–water partition coefficient (Wildman–Crippen LogP) is 0.962. The molecule has 120 valence electrons. The SMILES string of the molecule is CCC(NC(=O)COc1ccc([N+](=O)[O-])c(OC)c1)C(=O)O. The van der Waals surface area contributed by atoms with Gasteiger partial charge in [-0.25, -0.2) is 4.79 Å². The zero-order valence-corrected chi connectivity index (χ0v) is 12.1. The molecule has 1 aromatic rings. The van der Waals surface area contributed by atoms with E-state index in [-0.39, 0.29) is 23.6 Å². The summed E-state index contributed by atoms with van der Waals surface area (Å²) in [6, 6.07) is 2.81. The van der Waals surface area contributed by atoms with E-state index in [1.165, 1.54) is 25.3 Å². The molecule has 1 unspecified atom stereocenters. The Kier molecular flexibility index (Phi) is 6.11. The minimum Gasteiger partial charge on any atom is -0.490 e. The van der Waals surface area contributed by atoms with Gasteiger partial charge in [0.2, 0.25) is 5.75 Å². The first-order chi connectivity index (χ1) is 10.4. The van der Waals surface area contributed by atoms with Crippen LogP contribution in [0.2, 0.25) is 0 Å².